The minimum Gasteiger partial charge on any atom is -0.293 e. The van der Waals surface area contributed by atoms with Crippen LogP contribution in [0.4, 0.5) is 0 Å². The van der Waals surface area contributed by atoms with Gasteiger partial charge in [-0.3, -0.25) is 4.79 Å². The predicted molar refractivity (Wildman–Crippen MR) is 52.2 cm³/mol. The molecule has 0 amide bonds. The van der Waals surface area contributed by atoms with E-state index >= 15 is 0 Å². The molecule has 1 aromatic carbocycles. The molecule has 1 aliphatic rings. The fourth-order valence-corrected chi connectivity index (χ4v) is 2.18. The van der Waals surface area contributed by atoms with Gasteiger partial charge in [-0.15, -0.1) is 0 Å². The summed E-state index contributed by atoms with van der Waals surface area (Å²) < 4.78 is 0. The molecule has 0 saturated carbocycles. The van der Waals surface area contributed by atoms with E-state index in [1.165, 1.54) is 0 Å². The Morgan fingerprint density at radius 2 is 2.25 bits per heavy atom. The molecule has 1 atom stereocenters. The molecule has 1 unspecified atom stereocenters. The van der Waals surface area contributed by atoms with Crippen LogP contribution in [-0.4, -0.2) is 10.6 Å². The summed E-state index contributed by atoms with van der Waals surface area (Å²) in [4.78, 5) is 11.4. The van der Waals surface area contributed by atoms with Crippen molar-refractivity contribution in [1.82, 2.24) is 0 Å². The summed E-state index contributed by atoms with van der Waals surface area (Å²) in [5, 5.41) is 0.628. The number of alkyl halides is 1. The third-order valence-corrected chi connectivity index (χ3v) is 3.00. The maximum Gasteiger partial charge on any atom is 0.177 e. The van der Waals surface area contributed by atoms with Gasteiger partial charge < -0.3 is 0 Å². The number of hydrogen-bond donors (Lipinski definition) is 0. The monoisotopic (exact) mass is 244 g/mol. The van der Waals surface area contributed by atoms with E-state index < -0.39 is 0 Å². The minimum absolute atomic E-state index is 0.0500. The molecule has 1 nitrogen and oxygen atoms in total. The SMILES string of the molecule is O=C1c2cc(Cl)ccc2CC1Br. The van der Waals surface area contributed by atoms with E-state index in [-0.39, 0.29) is 10.6 Å². The molecule has 0 spiro atoms. The molecule has 0 bridgehead atoms. The first-order chi connectivity index (χ1) is 5.68. The first-order valence-electron chi connectivity index (χ1n) is 3.65. The Kier molecular flexibility index (Phi) is 1.97. The van der Waals surface area contributed by atoms with Crippen LogP contribution in [-0.2, 0) is 6.42 Å². The normalized spacial score (nSPS) is 21.2. The standard InChI is InChI=1S/C9H6BrClO/c10-8-3-5-1-2-6(11)4-7(5)9(8)12/h1-2,4,8H,3H2. The van der Waals surface area contributed by atoms with Gasteiger partial charge in [-0.05, 0) is 24.1 Å². The summed E-state index contributed by atoms with van der Waals surface area (Å²) >= 11 is 9.09. The van der Waals surface area contributed by atoms with E-state index in [2.05, 4.69) is 15.9 Å². The number of carbonyl (C=O) groups excluding carboxylic acids is 1. The van der Waals surface area contributed by atoms with Gasteiger partial charge in [-0.25, -0.2) is 0 Å². The number of benzene rings is 1. The number of carbonyl (C=O) groups is 1. The number of Topliss-reactive ketones (excluding diaryl/α,β-unsaturated/α-hetero) is 1. The lowest BCUT2D eigenvalue weighted by Gasteiger charge is -1.95. The zero-order chi connectivity index (χ0) is 8.72. The second-order valence-corrected chi connectivity index (χ2v) is 4.38. The largest absolute Gasteiger partial charge is 0.293 e. The average molecular weight is 246 g/mol. The summed E-state index contributed by atoms with van der Waals surface area (Å²) in [5.74, 6) is 0.146. The first kappa shape index (κ1) is 8.27. The molecule has 0 heterocycles. The number of halogens is 2. The van der Waals surface area contributed by atoms with Crippen molar-refractivity contribution in [2.45, 2.75) is 11.2 Å². The van der Waals surface area contributed by atoms with Crippen molar-refractivity contribution in [1.29, 1.82) is 0 Å². The highest BCUT2D eigenvalue weighted by atomic mass is 79.9. The van der Waals surface area contributed by atoms with Crippen LogP contribution in [0, 0.1) is 0 Å². The summed E-state index contributed by atoms with van der Waals surface area (Å²) in [5.41, 5.74) is 1.86. The molecule has 0 saturated heterocycles. The Bertz CT molecular complexity index is 348. The zero-order valence-corrected chi connectivity index (χ0v) is 8.52. The van der Waals surface area contributed by atoms with Crippen molar-refractivity contribution in [2.75, 3.05) is 0 Å². The quantitative estimate of drug-likeness (QED) is 0.643. The number of hydrogen-bond acceptors (Lipinski definition) is 1. The van der Waals surface area contributed by atoms with Crippen molar-refractivity contribution >= 4 is 33.3 Å². The van der Waals surface area contributed by atoms with E-state index in [9.17, 15) is 4.79 Å². The van der Waals surface area contributed by atoms with E-state index in [0.717, 1.165) is 17.5 Å². The second kappa shape index (κ2) is 2.86. The molecule has 12 heavy (non-hydrogen) atoms. The fourth-order valence-electron chi connectivity index (χ4n) is 1.41. The molecule has 1 aliphatic carbocycles. The predicted octanol–water partition coefficient (Wildman–Crippen LogP) is 2.84. The van der Waals surface area contributed by atoms with Crippen molar-refractivity contribution in [3.8, 4) is 0 Å². The van der Waals surface area contributed by atoms with Gasteiger partial charge in [0.05, 0.1) is 4.83 Å². The highest BCUT2D eigenvalue weighted by Crippen LogP contribution is 2.28. The van der Waals surface area contributed by atoms with E-state index in [1.54, 1.807) is 6.07 Å². The summed E-state index contributed by atoms with van der Waals surface area (Å²) in [6.07, 6.45) is 0.783. The molecule has 0 radical (unpaired) electrons. The molecule has 62 valence electrons. The van der Waals surface area contributed by atoms with Crippen molar-refractivity contribution < 1.29 is 4.79 Å². The van der Waals surface area contributed by atoms with Gasteiger partial charge in [0.2, 0.25) is 0 Å². The Hall–Kier alpha value is -0.340. The van der Waals surface area contributed by atoms with Crippen molar-refractivity contribution in [3.05, 3.63) is 34.3 Å². The molecule has 2 rings (SSSR count). The van der Waals surface area contributed by atoms with E-state index in [4.69, 9.17) is 11.6 Å². The Morgan fingerprint density at radius 1 is 1.50 bits per heavy atom. The van der Waals surface area contributed by atoms with Crippen LogP contribution in [0.5, 0.6) is 0 Å². The van der Waals surface area contributed by atoms with Crippen LogP contribution in [0.25, 0.3) is 0 Å². The summed E-state index contributed by atoms with van der Waals surface area (Å²) in [6, 6.07) is 5.47. The fraction of sp³-hybridized carbons (Fsp3) is 0.222. The smallest absolute Gasteiger partial charge is 0.177 e. The lowest BCUT2D eigenvalue weighted by Crippen LogP contribution is -2.05. The summed E-state index contributed by atoms with van der Waals surface area (Å²) in [7, 11) is 0. The van der Waals surface area contributed by atoms with Crippen molar-refractivity contribution in [3.63, 3.8) is 0 Å². The maximum atomic E-state index is 11.4. The van der Waals surface area contributed by atoms with Gasteiger partial charge >= 0.3 is 0 Å². The van der Waals surface area contributed by atoms with Crippen LogP contribution in [0.1, 0.15) is 15.9 Å². The van der Waals surface area contributed by atoms with E-state index in [0.29, 0.717) is 5.02 Å². The maximum absolute atomic E-state index is 11.4. The average Bonchev–Trinajstić information content (AvgIpc) is 2.31. The van der Waals surface area contributed by atoms with Gasteiger partial charge in [-0.2, -0.15) is 0 Å². The van der Waals surface area contributed by atoms with Gasteiger partial charge in [-0.1, -0.05) is 33.6 Å². The molecule has 0 fully saturated rings. The van der Waals surface area contributed by atoms with Gasteiger partial charge in [0.15, 0.2) is 5.78 Å². The Labute approximate surface area is 83.9 Å². The minimum atomic E-state index is -0.0500. The van der Waals surface area contributed by atoms with Crippen LogP contribution in [0.15, 0.2) is 18.2 Å². The molecule has 0 aromatic heterocycles. The number of fused-ring (bicyclic) bond motifs is 1. The lowest BCUT2D eigenvalue weighted by molar-refractivity contribution is 0.100. The lowest BCUT2D eigenvalue weighted by atomic mass is 10.1. The van der Waals surface area contributed by atoms with Crippen LogP contribution < -0.4 is 0 Å². The molecule has 1 aromatic rings. The van der Waals surface area contributed by atoms with Gasteiger partial charge in [0.1, 0.15) is 0 Å². The van der Waals surface area contributed by atoms with Gasteiger partial charge in [0.25, 0.3) is 0 Å². The van der Waals surface area contributed by atoms with Crippen LogP contribution >= 0.6 is 27.5 Å². The molecule has 3 heteroatoms. The first-order valence-corrected chi connectivity index (χ1v) is 4.94. The highest BCUT2D eigenvalue weighted by Gasteiger charge is 2.27. The molecular weight excluding hydrogens is 239 g/mol. The number of ketones is 1. The molecular formula is C9H6BrClO. The Balaban J connectivity index is 2.56. The van der Waals surface area contributed by atoms with E-state index in [1.807, 2.05) is 12.1 Å². The third kappa shape index (κ3) is 1.19. The zero-order valence-electron chi connectivity index (χ0n) is 6.18. The second-order valence-electron chi connectivity index (χ2n) is 2.84. The van der Waals surface area contributed by atoms with Crippen LogP contribution in [0.2, 0.25) is 5.02 Å². The van der Waals surface area contributed by atoms with Gasteiger partial charge in [0, 0.05) is 10.6 Å². The summed E-state index contributed by atoms with van der Waals surface area (Å²) in [6.45, 7) is 0. The molecule has 0 N–H and O–H groups in total. The van der Waals surface area contributed by atoms with Crippen molar-refractivity contribution in [2.24, 2.45) is 0 Å². The number of rotatable bonds is 0. The Morgan fingerprint density at radius 3 is 3.00 bits per heavy atom. The molecule has 0 aliphatic heterocycles. The van der Waals surface area contributed by atoms with Crippen LogP contribution in [0.3, 0.4) is 0 Å². The topological polar surface area (TPSA) is 17.1 Å². The third-order valence-electron chi connectivity index (χ3n) is 2.02. The highest BCUT2D eigenvalue weighted by molar-refractivity contribution is 9.10.